The predicted octanol–water partition coefficient (Wildman–Crippen LogP) is 6.50. The summed E-state index contributed by atoms with van der Waals surface area (Å²) in [6, 6.07) is 6.13. The third-order valence-electron chi connectivity index (χ3n) is 4.85. The Morgan fingerprint density at radius 3 is 1.50 bits per heavy atom. The van der Waals surface area contributed by atoms with Gasteiger partial charge in [0, 0.05) is 33.1 Å². The summed E-state index contributed by atoms with van der Waals surface area (Å²) in [5.41, 5.74) is -0.0246. The summed E-state index contributed by atoms with van der Waals surface area (Å²) >= 11 is 2.91. The van der Waals surface area contributed by atoms with E-state index in [1.54, 1.807) is 12.1 Å². The summed E-state index contributed by atoms with van der Waals surface area (Å²) in [7, 11) is 0. The standard InChI is InChI=1S/C21H22N2O5S2/c1-3-5-7-29-13-9-15-19(17(11-13)22(25)26)20-16(21(15)24)10-14(30-8-6-4-2)12-18(20)23(27)28/h9-12H,3-8H2,1-2H3. The van der Waals surface area contributed by atoms with E-state index in [1.807, 2.05) is 0 Å². The fraction of sp³-hybridized carbons (Fsp3) is 0.381. The molecule has 0 saturated heterocycles. The molecular weight excluding hydrogens is 424 g/mol. The summed E-state index contributed by atoms with van der Waals surface area (Å²) in [5, 5.41) is 23.6. The minimum Gasteiger partial charge on any atom is -0.289 e. The molecule has 9 heteroatoms. The minimum absolute atomic E-state index is 0.0663. The van der Waals surface area contributed by atoms with Crippen LogP contribution in [0.4, 0.5) is 11.4 Å². The maximum atomic E-state index is 13.1. The Hall–Kier alpha value is -2.39. The van der Waals surface area contributed by atoms with Crippen molar-refractivity contribution in [3.8, 4) is 11.1 Å². The highest BCUT2D eigenvalue weighted by Gasteiger charge is 2.39. The second-order valence-corrected chi connectivity index (χ2v) is 9.31. The topological polar surface area (TPSA) is 103 Å². The van der Waals surface area contributed by atoms with Gasteiger partial charge >= 0.3 is 0 Å². The Balaban J connectivity index is 2.15. The van der Waals surface area contributed by atoms with Crippen LogP contribution in [0.15, 0.2) is 34.1 Å². The van der Waals surface area contributed by atoms with Crippen LogP contribution in [-0.2, 0) is 0 Å². The second kappa shape index (κ2) is 9.61. The number of nitro benzene ring substituents is 2. The molecule has 0 unspecified atom stereocenters. The van der Waals surface area contributed by atoms with E-state index in [2.05, 4.69) is 13.8 Å². The molecule has 0 saturated carbocycles. The lowest BCUT2D eigenvalue weighted by Gasteiger charge is -2.07. The van der Waals surface area contributed by atoms with Crippen LogP contribution in [0.25, 0.3) is 11.1 Å². The molecule has 158 valence electrons. The summed E-state index contributed by atoms with van der Waals surface area (Å²) < 4.78 is 0. The zero-order valence-corrected chi connectivity index (χ0v) is 18.4. The van der Waals surface area contributed by atoms with E-state index in [9.17, 15) is 25.0 Å². The molecule has 0 amide bonds. The summed E-state index contributed by atoms with van der Waals surface area (Å²) in [5.74, 6) is 1.18. The van der Waals surface area contributed by atoms with Crippen molar-refractivity contribution in [1.29, 1.82) is 0 Å². The van der Waals surface area contributed by atoms with Gasteiger partial charge < -0.3 is 0 Å². The number of benzene rings is 2. The normalized spacial score (nSPS) is 12.0. The second-order valence-electron chi connectivity index (χ2n) is 6.98. The van der Waals surface area contributed by atoms with Crippen LogP contribution in [0.1, 0.15) is 55.5 Å². The largest absolute Gasteiger partial charge is 0.289 e. The van der Waals surface area contributed by atoms with Gasteiger partial charge in [-0.15, -0.1) is 23.5 Å². The first-order valence-electron chi connectivity index (χ1n) is 9.84. The van der Waals surface area contributed by atoms with E-state index in [0.717, 1.165) is 37.2 Å². The van der Waals surface area contributed by atoms with Crippen molar-refractivity contribution in [2.75, 3.05) is 11.5 Å². The fourth-order valence-corrected chi connectivity index (χ4v) is 5.48. The Morgan fingerprint density at radius 2 is 1.17 bits per heavy atom. The van der Waals surface area contributed by atoms with Gasteiger partial charge in [-0.2, -0.15) is 0 Å². The van der Waals surface area contributed by atoms with Gasteiger partial charge in [0.15, 0.2) is 5.78 Å². The molecule has 7 nitrogen and oxygen atoms in total. The molecule has 2 aromatic rings. The van der Waals surface area contributed by atoms with Crippen molar-refractivity contribution in [2.45, 2.75) is 49.3 Å². The average Bonchev–Trinajstić information content (AvgIpc) is 2.99. The monoisotopic (exact) mass is 446 g/mol. The molecule has 0 aliphatic heterocycles. The molecular formula is C21H22N2O5S2. The van der Waals surface area contributed by atoms with Crippen LogP contribution in [-0.4, -0.2) is 27.1 Å². The first-order chi connectivity index (χ1) is 14.4. The quantitative estimate of drug-likeness (QED) is 0.151. The van der Waals surface area contributed by atoms with Crippen molar-refractivity contribution >= 4 is 40.7 Å². The maximum Gasteiger partial charge on any atom is 0.279 e. The highest BCUT2D eigenvalue weighted by molar-refractivity contribution is 7.99. The number of nitro groups is 2. The van der Waals surface area contributed by atoms with Crippen LogP contribution in [0.5, 0.6) is 0 Å². The lowest BCUT2D eigenvalue weighted by atomic mass is 10.0. The van der Waals surface area contributed by atoms with Crippen LogP contribution in [0, 0.1) is 20.2 Å². The molecule has 30 heavy (non-hydrogen) atoms. The summed E-state index contributed by atoms with van der Waals surface area (Å²) in [4.78, 5) is 36.9. The number of ketones is 1. The van der Waals surface area contributed by atoms with E-state index in [0.29, 0.717) is 9.79 Å². The Morgan fingerprint density at radius 1 is 0.767 bits per heavy atom. The minimum atomic E-state index is -0.557. The van der Waals surface area contributed by atoms with Crippen molar-refractivity contribution in [3.05, 3.63) is 55.6 Å². The molecule has 0 atom stereocenters. The fourth-order valence-electron chi connectivity index (χ4n) is 3.35. The first-order valence-corrected chi connectivity index (χ1v) is 11.8. The Labute approximate surface area is 182 Å². The first kappa shape index (κ1) is 22.3. The Kier molecular flexibility index (Phi) is 7.14. The van der Waals surface area contributed by atoms with Crippen LogP contribution in [0.3, 0.4) is 0 Å². The average molecular weight is 447 g/mol. The predicted molar refractivity (Wildman–Crippen MR) is 120 cm³/mol. The van der Waals surface area contributed by atoms with Gasteiger partial charge in [-0.1, -0.05) is 26.7 Å². The molecule has 0 spiro atoms. The van der Waals surface area contributed by atoms with E-state index >= 15 is 0 Å². The molecule has 0 heterocycles. The van der Waals surface area contributed by atoms with Crippen molar-refractivity contribution in [3.63, 3.8) is 0 Å². The third-order valence-corrected chi connectivity index (χ3v) is 6.97. The number of rotatable bonds is 10. The molecule has 0 bridgehead atoms. The van der Waals surface area contributed by atoms with Crippen molar-refractivity contribution in [2.24, 2.45) is 0 Å². The highest BCUT2D eigenvalue weighted by Crippen LogP contribution is 2.49. The van der Waals surface area contributed by atoms with E-state index in [-0.39, 0.29) is 39.4 Å². The van der Waals surface area contributed by atoms with Gasteiger partial charge in [0.05, 0.1) is 21.0 Å². The summed E-state index contributed by atoms with van der Waals surface area (Å²) in [6.45, 7) is 4.11. The number of hydrogen-bond donors (Lipinski definition) is 0. The molecule has 1 aliphatic rings. The van der Waals surface area contributed by atoms with Crippen molar-refractivity contribution < 1.29 is 14.6 Å². The molecule has 0 radical (unpaired) electrons. The molecule has 2 aromatic carbocycles. The number of thioether (sulfide) groups is 2. The maximum absolute atomic E-state index is 13.1. The molecule has 0 fully saturated rings. The Bertz CT molecular complexity index is 943. The molecule has 3 rings (SSSR count). The molecule has 0 N–H and O–H groups in total. The van der Waals surface area contributed by atoms with E-state index in [4.69, 9.17) is 0 Å². The molecule has 1 aliphatic carbocycles. The van der Waals surface area contributed by atoms with E-state index in [1.165, 1.54) is 35.7 Å². The van der Waals surface area contributed by atoms with Gasteiger partial charge in [-0.25, -0.2) is 0 Å². The number of unbranched alkanes of at least 4 members (excludes halogenated alkanes) is 2. The lowest BCUT2D eigenvalue weighted by Crippen LogP contribution is -1.98. The zero-order chi connectivity index (χ0) is 21.8. The number of fused-ring (bicyclic) bond motifs is 3. The number of carbonyl (C=O) groups is 1. The molecule has 0 aromatic heterocycles. The zero-order valence-electron chi connectivity index (χ0n) is 16.8. The smallest absolute Gasteiger partial charge is 0.279 e. The van der Waals surface area contributed by atoms with Gasteiger partial charge in [-0.05, 0) is 36.5 Å². The van der Waals surface area contributed by atoms with Crippen LogP contribution >= 0.6 is 23.5 Å². The van der Waals surface area contributed by atoms with Crippen LogP contribution < -0.4 is 0 Å². The lowest BCUT2D eigenvalue weighted by molar-refractivity contribution is -0.386. The number of nitrogens with zero attached hydrogens (tertiary/aromatic N) is 2. The summed E-state index contributed by atoms with van der Waals surface area (Å²) in [6.07, 6.45) is 3.89. The van der Waals surface area contributed by atoms with Gasteiger partial charge in [0.2, 0.25) is 0 Å². The van der Waals surface area contributed by atoms with Crippen molar-refractivity contribution in [1.82, 2.24) is 0 Å². The van der Waals surface area contributed by atoms with Gasteiger partial charge in [0.25, 0.3) is 11.4 Å². The van der Waals surface area contributed by atoms with Crippen LogP contribution in [0.2, 0.25) is 0 Å². The van der Waals surface area contributed by atoms with E-state index < -0.39 is 9.85 Å². The number of hydrogen-bond acceptors (Lipinski definition) is 7. The third kappa shape index (κ3) is 4.37. The SMILES string of the molecule is CCCCSc1cc2c(c([N+](=O)[O-])c1)-c1c(cc(SCCCC)cc1[N+](=O)[O-])C2=O. The highest BCUT2D eigenvalue weighted by atomic mass is 32.2. The van der Waals surface area contributed by atoms with Gasteiger partial charge in [-0.3, -0.25) is 25.0 Å². The van der Waals surface area contributed by atoms with Gasteiger partial charge in [0.1, 0.15) is 0 Å². The number of carbonyl (C=O) groups excluding carboxylic acids is 1.